The van der Waals surface area contributed by atoms with Crippen molar-refractivity contribution in [3.8, 4) is 0 Å². The third-order valence-corrected chi connectivity index (χ3v) is 4.94. The fourth-order valence-corrected chi connectivity index (χ4v) is 3.44. The van der Waals surface area contributed by atoms with Crippen molar-refractivity contribution in [1.82, 2.24) is 10.6 Å². The molecule has 0 bridgehead atoms. The summed E-state index contributed by atoms with van der Waals surface area (Å²) < 4.78 is 0. The highest BCUT2D eigenvalue weighted by Gasteiger charge is 2.34. The van der Waals surface area contributed by atoms with Gasteiger partial charge in [-0.3, -0.25) is 0 Å². The molecule has 0 radical (unpaired) electrons. The summed E-state index contributed by atoms with van der Waals surface area (Å²) in [6, 6.07) is 1.32. The normalized spacial score (nSPS) is 36.5. The van der Waals surface area contributed by atoms with Crippen LogP contribution in [-0.4, -0.2) is 35.9 Å². The molecule has 0 aromatic heterocycles. The first-order chi connectivity index (χ1) is 8.62. The zero-order chi connectivity index (χ0) is 13.0. The Kier molecular flexibility index (Phi) is 5.05. The van der Waals surface area contributed by atoms with Crippen molar-refractivity contribution in [2.45, 2.75) is 76.5 Å². The third kappa shape index (κ3) is 3.69. The van der Waals surface area contributed by atoms with Gasteiger partial charge in [0, 0.05) is 18.6 Å². The van der Waals surface area contributed by atoms with Gasteiger partial charge in [0.05, 0.1) is 5.60 Å². The molecule has 1 saturated carbocycles. The molecular weight excluding hydrogens is 224 g/mol. The van der Waals surface area contributed by atoms with E-state index in [1.165, 1.54) is 45.1 Å². The molecule has 3 N–H and O–H groups in total. The highest BCUT2D eigenvalue weighted by molar-refractivity contribution is 4.93. The molecule has 4 unspecified atom stereocenters. The second kappa shape index (κ2) is 6.36. The van der Waals surface area contributed by atoms with Crippen molar-refractivity contribution in [2.75, 3.05) is 13.1 Å². The molecule has 3 nitrogen and oxygen atoms in total. The Bertz CT molecular complexity index is 249. The van der Waals surface area contributed by atoms with E-state index in [1.807, 2.05) is 6.92 Å². The van der Waals surface area contributed by atoms with Gasteiger partial charge < -0.3 is 15.7 Å². The molecular formula is C15H30N2O. The molecule has 4 atom stereocenters. The molecule has 18 heavy (non-hydrogen) atoms. The molecule has 1 aliphatic heterocycles. The monoisotopic (exact) mass is 254 g/mol. The summed E-state index contributed by atoms with van der Waals surface area (Å²) in [4.78, 5) is 0. The van der Waals surface area contributed by atoms with E-state index >= 15 is 0 Å². The standard InChI is InChI=1S/C15H30N2O/c1-3-15(2,18)11-17-14-9-6-7-12(14)13-8-4-5-10-16-13/h12-14,16-18H,3-11H2,1-2H3. The number of piperidine rings is 1. The molecule has 1 heterocycles. The van der Waals surface area contributed by atoms with Crippen molar-refractivity contribution >= 4 is 0 Å². The minimum absolute atomic E-state index is 0.548. The van der Waals surface area contributed by atoms with Gasteiger partial charge >= 0.3 is 0 Å². The zero-order valence-electron chi connectivity index (χ0n) is 12.0. The quantitative estimate of drug-likeness (QED) is 0.703. The smallest absolute Gasteiger partial charge is 0.0741 e. The van der Waals surface area contributed by atoms with Crippen LogP contribution in [0.4, 0.5) is 0 Å². The average Bonchev–Trinajstić information content (AvgIpc) is 2.86. The van der Waals surface area contributed by atoms with Crippen molar-refractivity contribution in [2.24, 2.45) is 5.92 Å². The Morgan fingerprint density at radius 1 is 1.22 bits per heavy atom. The fraction of sp³-hybridized carbons (Fsp3) is 1.00. The van der Waals surface area contributed by atoms with Crippen molar-refractivity contribution < 1.29 is 5.11 Å². The molecule has 2 fully saturated rings. The van der Waals surface area contributed by atoms with E-state index in [9.17, 15) is 5.11 Å². The highest BCUT2D eigenvalue weighted by atomic mass is 16.3. The van der Waals surface area contributed by atoms with Crippen LogP contribution in [-0.2, 0) is 0 Å². The third-order valence-electron chi connectivity index (χ3n) is 4.94. The minimum atomic E-state index is -0.548. The number of rotatable bonds is 5. The summed E-state index contributed by atoms with van der Waals surface area (Å²) in [6.45, 7) is 5.91. The average molecular weight is 254 g/mol. The van der Waals surface area contributed by atoms with E-state index in [2.05, 4.69) is 17.6 Å². The van der Waals surface area contributed by atoms with Crippen LogP contribution in [0.25, 0.3) is 0 Å². The Labute approximate surface area is 112 Å². The first kappa shape index (κ1) is 14.3. The topological polar surface area (TPSA) is 44.3 Å². The first-order valence-corrected chi connectivity index (χ1v) is 7.81. The fourth-order valence-electron chi connectivity index (χ4n) is 3.44. The number of aliphatic hydroxyl groups is 1. The minimum Gasteiger partial charge on any atom is -0.389 e. The van der Waals surface area contributed by atoms with Crippen LogP contribution in [0.5, 0.6) is 0 Å². The molecule has 0 spiro atoms. The van der Waals surface area contributed by atoms with E-state index in [1.54, 1.807) is 0 Å². The maximum absolute atomic E-state index is 10.1. The largest absolute Gasteiger partial charge is 0.389 e. The predicted octanol–water partition coefficient (Wildman–Crippen LogP) is 2.05. The Balaban J connectivity index is 1.83. The summed E-state index contributed by atoms with van der Waals surface area (Å²) in [5.74, 6) is 0.776. The van der Waals surface area contributed by atoms with E-state index < -0.39 is 5.60 Å². The number of hydrogen-bond acceptors (Lipinski definition) is 3. The Hall–Kier alpha value is -0.120. The lowest BCUT2D eigenvalue weighted by Crippen LogP contribution is -2.49. The van der Waals surface area contributed by atoms with Gasteiger partial charge in [-0.1, -0.05) is 19.8 Å². The molecule has 3 heteroatoms. The Morgan fingerprint density at radius 3 is 2.72 bits per heavy atom. The molecule has 2 aliphatic rings. The molecule has 2 rings (SSSR count). The van der Waals surface area contributed by atoms with E-state index in [0.29, 0.717) is 12.1 Å². The lowest BCUT2D eigenvalue weighted by Gasteiger charge is -2.34. The van der Waals surface area contributed by atoms with Crippen LogP contribution in [0.1, 0.15) is 58.8 Å². The van der Waals surface area contributed by atoms with Gasteiger partial charge in [0.2, 0.25) is 0 Å². The zero-order valence-corrected chi connectivity index (χ0v) is 12.0. The van der Waals surface area contributed by atoms with Crippen molar-refractivity contribution in [3.63, 3.8) is 0 Å². The molecule has 0 aromatic carbocycles. The summed E-state index contributed by atoms with van der Waals surface area (Å²) in [6.07, 6.45) is 8.85. The molecule has 0 amide bonds. The van der Waals surface area contributed by atoms with Gasteiger partial charge in [0.1, 0.15) is 0 Å². The second-order valence-electron chi connectivity index (χ2n) is 6.49. The molecule has 1 aliphatic carbocycles. The maximum Gasteiger partial charge on any atom is 0.0741 e. The van der Waals surface area contributed by atoms with Crippen molar-refractivity contribution in [1.29, 1.82) is 0 Å². The molecule has 106 valence electrons. The second-order valence-corrected chi connectivity index (χ2v) is 6.49. The lowest BCUT2D eigenvalue weighted by atomic mass is 9.88. The van der Waals surface area contributed by atoms with Gasteiger partial charge in [0.25, 0.3) is 0 Å². The predicted molar refractivity (Wildman–Crippen MR) is 75.7 cm³/mol. The van der Waals surface area contributed by atoms with Crippen LogP contribution in [0.15, 0.2) is 0 Å². The van der Waals surface area contributed by atoms with E-state index in [0.717, 1.165) is 18.9 Å². The van der Waals surface area contributed by atoms with Crippen LogP contribution >= 0.6 is 0 Å². The van der Waals surface area contributed by atoms with Gasteiger partial charge in [-0.25, -0.2) is 0 Å². The number of hydrogen-bond donors (Lipinski definition) is 3. The highest BCUT2D eigenvalue weighted by Crippen LogP contribution is 2.32. The van der Waals surface area contributed by atoms with Gasteiger partial charge in [0.15, 0.2) is 0 Å². The Morgan fingerprint density at radius 2 is 2.06 bits per heavy atom. The van der Waals surface area contributed by atoms with Crippen LogP contribution in [0, 0.1) is 5.92 Å². The first-order valence-electron chi connectivity index (χ1n) is 7.81. The van der Waals surface area contributed by atoms with E-state index in [-0.39, 0.29) is 0 Å². The number of nitrogens with one attached hydrogen (secondary N) is 2. The van der Waals surface area contributed by atoms with Crippen LogP contribution in [0.3, 0.4) is 0 Å². The van der Waals surface area contributed by atoms with E-state index in [4.69, 9.17) is 0 Å². The SMILES string of the molecule is CCC(C)(O)CNC1CCCC1C1CCCCN1. The van der Waals surface area contributed by atoms with Gasteiger partial charge in [-0.2, -0.15) is 0 Å². The molecule has 1 saturated heterocycles. The molecule has 0 aromatic rings. The van der Waals surface area contributed by atoms with Crippen molar-refractivity contribution in [3.05, 3.63) is 0 Å². The summed E-state index contributed by atoms with van der Waals surface area (Å²) in [5.41, 5.74) is -0.548. The summed E-state index contributed by atoms with van der Waals surface area (Å²) in [7, 11) is 0. The van der Waals surface area contributed by atoms with Gasteiger partial charge in [-0.15, -0.1) is 0 Å². The van der Waals surface area contributed by atoms with Crippen LogP contribution < -0.4 is 10.6 Å². The summed E-state index contributed by atoms with van der Waals surface area (Å²) >= 11 is 0. The maximum atomic E-state index is 10.1. The van der Waals surface area contributed by atoms with Gasteiger partial charge in [-0.05, 0) is 51.5 Å². The lowest BCUT2D eigenvalue weighted by molar-refractivity contribution is 0.0502. The van der Waals surface area contributed by atoms with Crippen LogP contribution in [0.2, 0.25) is 0 Å². The summed E-state index contributed by atoms with van der Waals surface area (Å²) in [5, 5.41) is 17.4.